The number of hydrogen-bond donors (Lipinski definition) is 1. The SMILES string of the molecule is CCC1CSCC(c2ccc(Br)s2)N1. The lowest BCUT2D eigenvalue weighted by Gasteiger charge is -2.29. The minimum atomic E-state index is 0.565. The highest BCUT2D eigenvalue weighted by Gasteiger charge is 2.22. The summed E-state index contributed by atoms with van der Waals surface area (Å²) in [5.74, 6) is 2.48. The monoisotopic (exact) mass is 291 g/mol. The predicted octanol–water partition coefficient (Wildman–Crippen LogP) is 3.67. The largest absolute Gasteiger partial charge is 0.305 e. The Morgan fingerprint density at radius 2 is 2.36 bits per heavy atom. The summed E-state index contributed by atoms with van der Waals surface area (Å²) in [5, 5.41) is 3.70. The van der Waals surface area contributed by atoms with E-state index in [1.165, 1.54) is 26.6 Å². The summed E-state index contributed by atoms with van der Waals surface area (Å²) in [6.45, 7) is 2.25. The molecule has 1 N–H and O–H groups in total. The maximum atomic E-state index is 3.70. The molecular formula is C10H14BrNS2. The number of hydrogen-bond acceptors (Lipinski definition) is 3. The second-order valence-electron chi connectivity index (χ2n) is 3.50. The van der Waals surface area contributed by atoms with Crippen LogP contribution in [-0.4, -0.2) is 17.5 Å². The Bertz CT molecular complexity index is 300. The van der Waals surface area contributed by atoms with Gasteiger partial charge in [0.15, 0.2) is 0 Å². The van der Waals surface area contributed by atoms with E-state index in [4.69, 9.17) is 0 Å². The number of nitrogens with one attached hydrogen (secondary N) is 1. The number of halogens is 1. The van der Waals surface area contributed by atoms with Gasteiger partial charge in [0.2, 0.25) is 0 Å². The standard InChI is InChI=1S/C10H14BrNS2/c1-2-7-5-13-6-8(12-7)9-3-4-10(11)14-9/h3-4,7-8,12H,2,5-6H2,1H3. The molecule has 2 unspecified atom stereocenters. The van der Waals surface area contributed by atoms with Gasteiger partial charge in [0.1, 0.15) is 0 Å². The summed E-state index contributed by atoms with van der Waals surface area (Å²) in [7, 11) is 0. The maximum Gasteiger partial charge on any atom is 0.0701 e. The molecule has 0 aliphatic carbocycles. The van der Waals surface area contributed by atoms with Crippen LogP contribution in [0.1, 0.15) is 24.3 Å². The van der Waals surface area contributed by atoms with Crippen molar-refractivity contribution in [2.45, 2.75) is 25.4 Å². The molecule has 2 rings (SSSR count). The zero-order valence-electron chi connectivity index (χ0n) is 8.13. The number of rotatable bonds is 2. The molecule has 0 radical (unpaired) electrons. The van der Waals surface area contributed by atoms with Crippen LogP contribution in [0.15, 0.2) is 15.9 Å². The molecule has 0 amide bonds. The molecule has 14 heavy (non-hydrogen) atoms. The average Bonchev–Trinajstić information content (AvgIpc) is 2.65. The molecule has 1 saturated heterocycles. The Balaban J connectivity index is 2.04. The molecule has 78 valence electrons. The van der Waals surface area contributed by atoms with Gasteiger partial charge in [0.25, 0.3) is 0 Å². The van der Waals surface area contributed by atoms with Crippen molar-refractivity contribution >= 4 is 39.0 Å². The predicted molar refractivity (Wildman–Crippen MR) is 69.3 cm³/mol. The maximum absolute atomic E-state index is 3.70. The lowest BCUT2D eigenvalue weighted by molar-refractivity contribution is 0.470. The van der Waals surface area contributed by atoms with Crippen LogP contribution in [0.2, 0.25) is 0 Å². The molecule has 1 aromatic heterocycles. The Morgan fingerprint density at radius 3 is 3.00 bits per heavy atom. The average molecular weight is 292 g/mol. The van der Waals surface area contributed by atoms with E-state index < -0.39 is 0 Å². The van der Waals surface area contributed by atoms with Crippen LogP contribution >= 0.6 is 39.0 Å². The first-order valence-electron chi connectivity index (χ1n) is 4.88. The summed E-state index contributed by atoms with van der Waals surface area (Å²) in [6.07, 6.45) is 1.23. The van der Waals surface area contributed by atoms with E-state index in [0.29, 0.717) is 12.1 Å². The van der Waals surface area contributed by atoms with Crippen LogP contribution < -0.4 is 5.32 Å². The van der Waals surface area contributed by atoms with Gasteiger partial charge in [0, 0.05) is 22.4 Å². The Labute approximate surface area is 102 Å². The van der Waals surface area contributed by atoms with Crippen molar-refractivity contribution < 1.29 is 0 Å². The van der Waals surface area contributed by atoms with Gasteiger partial charge in [-0.15, -0.1) is 11.3 Å². The van der Waals surface area contributed by atoms with Gasteiger partial charge in [0.05, 0.1) is 9.83 Å². The molecule has 1 aliphatic heterocycles. The molecule has 0 saturated carbocycles. The molecule has 0 spiro atoms. The van der Waals surface area contributed by atoms with Crippen molar-refractivity contribution in [1.82, 2.24) is 5.32 Å². The molecular weight excluding hydrogens is 278 g/mol. The highest BCUT2D eigenvalue weighted by Crippen LogP contribution is 2.32. The van der Waals surface area contributed by atoms with Crippen molar-refractivity contribution in [2.75, 3.05) is 11.5 Å². The quantitative estimate of drug-likeness (QED) is 0.892. The summed E-state index contributed by atoms with van der Waals surface area (Å²) in [4.78, 5) is 1.46. The van der Waals surface area contributed by atoms with Crippen LogP contribution in [-0.2, 0) is 0 Å². The van der Waals surface area contributed by atoms with Crippen LogP contribution in [0.25, 0.3) is 0 Å². The highest BCUT2D eigenvalue weighted by atomic mass is 79.9. The molecule has 1 aliphatic rings. The third-order valence-electron chi connectivity index (χ3n) is 2.47. The topological polar surface area (TPSA) is 12.0 Å². The summed E-state index contributed by atoms with van der Waals surface area (Å²) < 4.78 is 1.23. The van der Waals surface area contributed by atoms with Crippen LogP contribution in [0, 0.1) is 0 Å². The summed E-state index contributed by atoms with van der Waals surface area (Å²) >= 11 is 7.43. The highest BCUT2D eigenvalue weighted by molar-refractivity contribution is 9.11. The zero-order chi connectivity index (χ0) is 9.97. The normalized spacial score (nSPS) is 27.9. The van der Waals surface area contributed by atoms with E-state index >= 15 is 0 Å². The van der Waals surface area contributed by atoms with E-state index in [1.54, 1.807) is 0 Å². The first-order chi connectivity index (χ1) is 6.79. The van der Waals surface area contributed by atoms with Crippen LogP contribution in [0.5, 0.6) is 0 Å². The number of thiophene rings is 1. The molecule has 4 heteroatoms. The number of thioether (sulfide) groups is 1. The van der Waals surface area contributed by atoms with Gasteiger partial charge < -0.3 is 5.32 Å². The zero-order valence-corrected chi connectivity index (χ0v) is 11.3. The van der Waals surface area contributed by atoms with Crippen molar-refractivity contribution in [3.05, 3.63) is 20.8 Å². The van der Waals surface area contributed by atoms with Gasteiger partial charge in [-0.05, 0) is 34.5 Å². The Hall–Kier alpha value is 0.490. The third-order valence-corrected chi connectivity index (χ3v) is 5.42. The molecule has 0 aromatic carbocycles. The van der Waals surface area contributed by atoms with Gasteiger partial charge >= 0.3 is 0 Å². The minimum absolute atomic E-state index is 0.565. The van der Waals surface area contributed by atoms with Crippen LogP contribution in [0.4, 0.5) is 0 Å². The molecule has 1 fully saturated rings. The Morgan fingerprint density at radius 1 is 1.50 bits per heavy atom. The molecule has 2 heterocycles. The van der Waals surface area contributed by atoms with Gasteiger partial charge in [-0.3, -0.25) is 0 Å². The summed E-state index contributed by atoms with van der Waals surface area (Å²) in [5.41, 5.74) is 0. The minimum Gasteiger partial charge on any atom is -0.305 e. The third kappa shape index (κ3) is 2.54. The van der Waals surface area contributed by atoms with E-state index in [1.807, 2.05) is 11.3 Å². The fourth-order valence-corrected chi connectivity index (χ4v) is 4.48. The first kappa shape index (κ1) is 11.0. The van der Waals surface area contributed by atoms with E-state index in [2.05, 4.69) is 52.1 Å². The second-order valence-corrected chi connectivity index (χ2v) is 7.07. The molecule has 0 bridgehead atoms. The van der Waals surface area contributed by atoms with Gasteiger partial charge in [-0.1, -0.05) is 6.92 Å². The van der Waals surface area contributed by atoms with Crippen LogP contribution in [0.3, 0.4) is 0 Å². The fourth-order valence-electron chi connectivity index (χ4n) is 1.62. The lowest BCUT2D eigenvalue weighted by Crippen LogP contribution is -2.39. The molecule has 2 atom stereocenters. The second kappa shape index (κ2) is 5.01. The van der Waals surface area contributed by atoms with Crippen molar-refractivity contribution in [1.29, 1.82) is 0 Å². The smallest absolute Gasteiger partial charge is 0.0701 e. The van der Waals surface area contributed by atoms with Gasteiger partial charge in [-0.25, -0.2) is 0 Å². The van der Waals surface area contributed by atoms with E-state index in [-0.39, 0.29) is 0 Å². The lowest BCUT2D eigenvalue weighted by atomic mass is 10.2. The van der Waals surface area contributed by atoms with Crippen molar-refractivity contribution in [3.8, 4) is 0 Å². The molecule has 1 nitrogen and oxygen atoms in total. The Kier molecular flexibility index (Phi) is 3.93. The van der Waals surface area contributed by atoms with Gasteiger partial charge in [-0.2, -0.15) is 11.8 Å². The first-order valence-corrected chi connectivity index (χ1v) is 7.65. The summed E-state index contributed by atoms with van der Waals surface area (Å²) in [6, 6.07) is 5.63. The molecule has 1 aromatic rings. The van der Waals surface area contributed by atoms with Crippen molar-refractivity contribution in [2.24, 2.45) is 0 Å². The van der Waals surface area contributed by atoms with E-state index in [0.717, 1.165) is 0 Å². The fraction of sp³-hybridized carbons (Fsp3) is 0.600. The van der Waals surface area contributed by atoms with Crippen molar-refractivity contribution in [3.63, 3.8) is 0 Å². The van der Waals surface area contributed by atoms with E-state index in [9.17, 15) is 0 Å².